The molecule has 0 unspecified atom stereocenters. The van der Waals surface area contributed by atoms with E-state index in [9.17, 15) is 20.1 Å². The number of hydrogen-bond donors (Lipinski definition) is 5. The minimum absolute atomic E-state index is 0.00916. The first-order valence-corrected chi connectivity index (χ1v) is 5.06. The summed E-state index contributed by atoms with van der Waals surface area (Å²) in [5.74, 6) is -1.12. The molecule has 0 aliphatic heterocycles. The van der Waals surface area contributed by atoms with Crippen molar-refractivity contribution < 1.29 is 35.1 Å². The fourth-order valence-corrected chi connectivity index (χ4v) is 0.990. The van der Waals surface area contributed by atoms with Gasteiger partial charge in [-0.25, -0.2) is 4.79 Å². The van der Waals surface area contributed by atoms with Crippen LogP contribution in [0.5, 0.6) is 0 Å². The highest BCUT2D eigenvalue weighted by Crippen LogP contribution is 2.06. The van der Waals surface area contributed by atoms with Crippen LogP contribution < -0.4 is 0 Å². The summed E-state index contributed by atoms with van der Waals surface area (Å²) in [6.45, 7) is 2.58. The minimum atomic E-state index is -1.99. The van der Waals surface area contributed by atoms with Crippen molar-refractivity contribution in [2.75, 3.05) is 13.2 Å². The van der Waals surface area contributed by atoms with Crippen molar-refractivity contribution in [2.45, 2.75) is 30.8 Å². The van der Waals surface area contributed by atoms with Crippen molar-refractivity contribution in [2.24, 2.45) is 0 Å². The van der Waals surface area contributed by atoms with E-state index < -0.39 is 37.0 Å². The van der Waals surface area contributed by atoms with Crippen molar-refractivity contribution in [3.8, 4) is 0 Å². The Morgan fingerprint density at radius 1 is 1.24 bits per heavy atom. The molecule has 0 spiro atoms. The fourth-order valence-electron chi connectivity index (χ4n) is 0.990. The SMILES string of the molecule is C=CCCOC(=O)[C@H](O)[C@@H](O)[C@H](O)[C@H](O)CO. The van der Waals surface area contributed by atoms with Crippen LogP contribution in [0.3, 0.4) is 0 Å². The van der Waals surface area contributed by atoms with Gasteiger partial charge in [0.25, 0.3) is 0 Å². The van der Waals surface area contributed by atoms with Crippen LogP contribution in [0.2, 0.25) is 0 Å². The largest absolute Gasteiger partial charge is 0.463 e. The molecule has 0 radical (unpaired) electrons. The summed E-state index contributed by atoms with van der Waals surface area (Å²) >= 11 is 0. The topological polar surface area (TPSA) is 127 Å². The van der Waals surface area contributed by atoms with Crippen LogP contribution in [0, 0.1) is 0 Å². The molecule has 7 heteroatoms. The number of hydrogen-bond acceptors (Lipinski definition) is 7. The first-order chi connectivity index (χ1) is 7.95. The molecule has 0 amide bonds. The second-order valence-electron chi connectivity index (χ2n) is 3.42. The van der Waals surface area contributed by atoms with Gasteiger partial charge in [0.2, 0.25) is 0 Å². The zero-order chi connectivity index (χ0) is 13.4. The average molecular weight is 250 g/mol. The highest BCUT2D eigenvalue weighted by atomic mass is 16.5. The molecule has 100 valence electrons. The van der Waals surface area contributed by atoms with Crippen molar-refractivity contribution in [3.63, 3.8) is 0 Å². The number of aliphatic hydroxyl groups is 5. The van der Waals surface area contributed by atoms with Crippen LogP contribution in [0.25, 0.3) is 0 Å². The lowest BCUT2D eigenvalue weighted by Gasteiger charge is -2.24. The summed E-state index contributed by atoms with van der Waals surface area (Å²) in [5.41, 5.74) is 0. The summed E-state index contributed by atoms with van der Waals surface area (Å²) in [6.07, 6.45) is -5.54. The molecule has 0 aliphatic carbocycles. The van der Waals surface area contributed by atoms with Crippen LogP contribution in [-0.2, 0) is 9.53 Å². The Morgan fingerprint density at radius 2 is 1.82 bits per heavy atom. The van der Waals surface area contributed by atoms with Crippen LogP contribution in [-0.4, -0.2) is 69.1 Å². The number of carbonyl (C=O) groups is 1. The second-order valence-corrected chi connectivity index (χ2v) is 3.42. The van der Waals surface area contributed by atoms with Gasteiger partial charge in [-0.3, -0.25) is 0 Å². The van der Waals surface area contributed by atoms with Gasteiger partial charge in [0.1, 0.15) is 18.3 Å². The van der Waals surface area contributed by atoms with E-state index in [-0.39, 0.29) is 6.61 Å². The zero-order valence-electron chi connectivity index (χ0n) is 9.27. The molecule has 17 heavy (non-hydrogen) atoms. The van der Waals surface area contributed by atoms with E-state index in [2.05, 4.69) is 11.3 Å². The quantitative estimate of drug-likeness (QED) is 0.184. The van der Waals surface area contributed by atoms with Gasteiger partial charge in [-0.15, -0.1) is 6.58 Å². The van der Waals surface area contributed by atoms with Gasteiger partial charge >= 0.3 is 5.97 Å². The highest BCUT2D eigenvalue weighted by molar-refractivity contribution is 5.75. The second kappa shape index (κ2) is 8.15. The smallest absolute Gasteiger partial charge is 0.337 e. The lowest BCUT2D eigenvalue weighted by atomic mass is 10.0. The van der Waals surface area contributed by atoms with Crippen LogP contribution >= 0.6 is 0 Å². The van der Waals surface area contributed by atoms with Gasteiger partial charge in [0, 0.05) is 0 Å². The maximum atomic E-state index is 11.2. The summed E-state index contributed by atoms with van der Waals surface area (Å²) < 4.78 is 4.55. The molecule has 0 heterocycles. The van der Waals surface area contributed by atoms with Crippen molar-refractivity contribution in [1.29, 1.82) is 0 Å². The Hall–Kier alpha value is -0.990. The Morgan fingerprint density at radius 3 is 2.29 bits per heavy atom. The van der Waals surface area contributed by atoms with E-state index >= 15 is 0 Å². The van der Waals surface area contributed by atoms with Crippen molar-refractivity contribution in [3.05, 3.63) is 12.7 Å². The molecule has 0 aromatic rings. The molecular formula is C10H18O7. The van der Waals surface area contributed by atoms with E-state index in [1.165, 1.54) is 6.08 Å². The number of carbonyl (C=O) groups excluding carboxylic acids is 1. The standard InChI is InChI=1S/C10H18O7/c1-2-3-4-17-10(16)9(15)8(14)7(13)6(12)5-11/h2,6-9,11-15H,1,3-5H2/t6-,7-,8+,9-/m1/s1. The van der Waals surface area contributed by atoms with Crippen molar-refractivity contribution in [1.82, 2.24) is 0 Å². The van der Waals surface area contributed by atoms with Gasteiger partial charge in [-0.1, -0.05) is 6.08 Å². The predicted octanol–water partition coefficient (Wildman–Crippen LogP) is -2.46. The summed E-state index contributed by atoms with van der Waals surface area (Å²) in [4.78, 5) is 11.2. The van der Waals surface area contributed by atoms with Gasteiger partial charge in [0.15, 0.2) is 6.10 Å². The normalized spacial score (nSPS) is 17.9. The van der Waals surface area contributed by atoms with Gasteiger partial charge in [0.05, 0.1) is 13.2 Å². The van der Waals surface area contributed by atoms with Crippen LogP contribution in [0.15, 0.2) is 12.7 Å². The average Bonchev–Trinajstić information content (AvgIpc) is 2.35. The lowest BCUT2D eigenvalue weighted by molar-refractivity contribution is -0.170. The van der Waals surface area contributed by atoms with Gasteiger partial charge in [-0.2, -0.15) is 0 Å². The van der Waals surface area contributed by atoms with Crippen LogP contribution in [0.1, 0.15) is 6.42 Å². The molecule has 0 saturated heterocycles. The monoisotopic (exact) mass is 250 g/mol. The zero-order valence-corrected chi connectivity index (χ0v) is 9.27. The predicted molar refractivity (Wildman–Crippen MR) is 56.9 cm³/mol. The molecule has 5 N–H and O–H groups in total. The molecule has 0 saturated carbocycles. The minimum Gasteiger partial charge on any atom is -0.463 e. The van der Waals surface area contributed by atoms with E-state index in [1.807, 2.05) is 0 Å². The molecule has 0 fully saturated rings. The molecule has 0 aliphatic rings. The van der Waals surface area contributed by atoms with E-state index in [1.54, 1.807) is 0 Å². The van der Waals surface area contributed by atoms with Crippen molar-refractivity contribution >= 4 is 5.97 Å². The molecule has 0 bridgehead atoms. The highest BCUT2D eigenvalue weighted by Gasteiger charge is 2.34. The summed E-state index contributed by atoms with van der Waals surface area (Å²) in [5, 5.41) is 45.4. The number of rotatable bonds is 8. The molecule has 0 aromatic carbocycles. The Kier molecular flexibility index (Phi) is 7.68. The Balaban J connectivity index is 4.22. The van der Waals surface area contributed by atoms with E-state index in [4.69, 9.17) is 10.2 Å². The third-order valence-corrected chi connectivity index (χ3v) is 2.06. The Bertz CT molecular complexity index is 243. The third-order valence-electron chi connectivity index (χ3n) is 2.06. The molecular weight excluding hydrogens is 232 g/mol. The number of aliphatic hydroxyl groups excluding tert-OH is 5. The summed E-state index contributed by atoms with van der Waals surface area (Å²) in [7, 11) is 0. The van der Waals surface area contributed by atoms with Crippen LogP contribution in [0.4, 0.5) is 0 Å². The van der Waals surface area contributed by atoms with Gasteiger partial charge < -0.3 is 30.3 Å². The van der Waals surface area contributed by atoms with E-state index in [0.29, 0.717) is 6.42 Å². The first kappa shape index (κ1) is 16.0. The maximum absolute atomic E-state index is 11.2. The Labute approximate surface area is 98.6 Å². The molecule has 0 aromatic heterocycles. The van der Waals surface area contributed by atoms with E-state index in [0.717, 1.165) is 0 Å². The molecule has 0 rings (SSSR count). The third kappa shape index (κ3) is 5.24. The summed E-state index contributed by atoms with van der Waals surface area (Å²) in [6, 6.07) is 0. The fraction of sp³-hybridized carbons (Fsp3) is 0.700. The van der Waals surface area contributed by atoms with Gasteiger partial charge in [-0.05, 0) is 6.42 Å². The molecule has 4 atom stereocenters. The number of ether oxygens (including phenoxy) is 1. The lowest BCUT2D eigenvalue weighted by Crippen LogP contribution is -2.49. The maximum Gasteiger partial charge on any atom is 0.337 e. The number of esters is 1. The first-order valence-electron chi connectivity index (χ1n) is 5.06. The molecule has 7 nitrogen and oxygen atoms in total.